The Morgan fingerprint density at radius 2 is 2.12 bits per heavy atom. The van der Waals surface area contributed by atoms with Crippen molar-refractivity contribution in [2.45, 2.75) is 12.5 Å². The average Bonchev–Trinajstić information content (AvgIpc) is 2.30. The number of hydrogen-bond acceptors (Lipinski definition) is 5. The first-order valence-electron chi connectivity index (χ1n) is 4.70. The van der Waals surface area contributed by atoms with Gasteiger partial charge in [0.05, 0.1) is 14.2 Å². The van der Waals surface area contributed by atoms with Crippen LogP contribution < -0.4 is 4.74 Å². The lowest BCUT2D eigenvalue weighted by molar-refractivity contribution is -0.150. The summed E-state index contributed by atoms with van der Waals surface area (Å²) in [6.07, 6.45) is -1.09. The summed E-state index contributed by atoms with van der Waals surface area (Å²) < 4.78 is 9.30. The first kappa shape index (κ1) is 12.3. The monoisotopic (exact) mass is 226 g/mol. The molecule has 1 aromatic rings. The predicted octanol–water partition coefficient (Wildman–Crippen LogP) is 0.477. The van der Waals surface area contributed by atoms with Crippen molar-refractivity contribution < 1.29 is 24.5 Å². The molecule has 16 heavy (non-hydrogen) atoms. The molecule has 88 valence electrons. The summed E-state index contributed by atoms with van der Waals surface area (Å²) in [7, 11) is 2.64. The highest BCUT2D eigenvalue weighted by Gasteiger charge is 2.16. The summed E-state index contributed by atoms with van der Waals surface area (Å²) in [5.41, 5.74) is 0.674. The molecule has 0 saturated heterocycles. The minimum Gasteiger partial charge on any atom is -0.504 e. The van der Waals surface area contributed by atoms with Gasteiger partial charge in [0.15, 0.2) is 17.6 Å². The zero-order valence-corrected chi connectivity index (χ0v) is 9.14. The first-order valence-corrected chi connectivity index (χ1v) is 4.70. The molecule has 5 nitrogen and oxygen atoms in total. The molecule has 2 N–H and O–H groups in total. The Hall–Kier alpha value is -1.75. The van der Waals surface area contributed by atoms with Gasteiger partial charge in [-0.2, -0.15) is 0 Å². The molecular formula is C11H14O5. The number of phenolic OH excluding ortho intramolecular Hbond substituents is 1. The summed E-state index contributed by atoms with van der Waals surface area (Å²) >= 11 is 0. The van der Waals surface area contributed by atoms with Crippen LogP contribution in [0.2, 0.25) is 0 Å². The van der Waals surface area contributed by atoms with E-state index in [2.05, 4.69) is 4.74 Å². The number of ether oxygens (including phenoxy) is 2. The van der Waals surface area contributed by atoms with Crippen LogP contribution in [0, 0.1) is 0 Å². The normalized spacial score (nSPS) is 11.9. The molecule has 0 aliphatic rings. The average molecular weight is 226 g/mol. The van der Waals surface area contributed by atoms with E-state index in [1.807, 2.05) is 0 Å². The van der Waals surface area contributed by atoms with Crippen molar-refractivity contribution in [2.24, 2.45) is 0 Å². The van der Waals surface area contributed by atoms with E-state index < -0.39 is 12.1 Å². The minimum absolute atomic E-state index is 0.0128. The molecule has 0 fully saturated rings. The molecule has 1 aromatic carbocycles. The smallest absolute Gasteiger partial charge is 0.335 e. The van der Waals surface area contributed by atoms with Crippen LogP contribution in [0.25, 0.3) is 0 Å². The first-order chi connectivity index (χ1) is 7.58. The van der Waals surface area contributed by atoms with E-state index in [9.17, 15) is 15.0 Å². The number of aliphatic hydroxyl groups is 1. The number of esters is 1. The lowest BCUT2D eigenvalue weighted by Crippen LogP contribution is -2.24. The molecule has 0 heterocycles. The molecule has 5 heteroatoms. The summed E-state index contributed by atoms with van der Waals surface area (Å²) in [6, 6.07) is 4.60. The SMILES string of the molecule is COC(=O)C(O)Cc1ccc(O)c(OC)c1. The van der Waals surface area contributed by atoms with Crippen molar-refractivity contribution in [1.82, 2.24) is 0 Å². The zero-order valence-electron chi connectivity index (χ0n) is 9.14. The van der Waals surface area contributed by atoms with Gasteiger partial charge in [0.1, 0.15) is 0 Å². The fraction of sp³-hybridized carbons (Fsp3) is 0.364. The van der Waals surface area contributed by atoms with E-state index >= 15 is 0 Å². The van der Waals surface area contributed by atoms with Crippen molar-refractivity contribution in [3.8, 4) is 11.5 Å². The van der Waals surface area contributed by atoms with Gasteiger partial charge in [0.2, 0.25) is 0 Å². The van der Waals surface area contributed by atoms with E-state index in [0.29, 0.717) is 11.3 Å². The van der Waals surface area contributed by atoms with E-state index in [4.69, 9.17) is 4.74 Å². The molecule has 0 radical (unpaired) electrons. The Bertz CT molecular complexity index is 375. The number of rotatable bonds is 4. The molecule has 1 atom stereocenters. The van der Waals surface area contributed by atoms with E-state index in [1.165, 1.54) is 20.3 Å². The van der Waals surface area contributed by atoms with E-state index in [-0.39, 0.29) is 12.2 Å². The zero-order chi connectivity index (χ0) is 12.1. The minimum atomic E-state index is -1.21. The second kappa shape index (κ2) is 5.37. The molecule has 1 rings (SSSR count). The number of carbonyl (C=O) groups is 1. The van der Waals surface area contributed by atoms with Crippen molar-refractivity contribution in [3.05, 3.63) is 23.8 Å². The van der Waals surface area contributed by atoms with Crippen molar-refractivity contribution >= 4 is 5.97 Å². The van der Waals surface area contributed by atoms with Crippen molar-refractivity contribution in [2.75, 3.05) is 14.2 Å². The molecule has 0 bridgehead atoms. The van der Waals surface area contributed by atoms with E-state index in [0.717, 1.165) is 0 Å². The Morgan fingerprint density at radius 1 is 1.44 bits per heavy atom. The second-order valence-corrected chi connectivity index (χ2v) is 3.25. The fourth-order valence-electron chi connectivity index (χ4n) is 1.29. The Balaban J connectivity index is 2.78. The van der Waals surface area contributed by atoms with Crippen LogP contribution in [0.1, 0.15) is 5.56 Å². The van der Waals surface area contributed by atoms with Gasteiger partial charge in [-0.15, -0.1) is 0 Å². The predicted molar refractivity (Wildman–Crippen MR) is 56.4 cm³/mol. The van der Waals surface area contributed by atoms with Crippen LogP contribution >= 0.6 is 0 Å². The number of benzene rings is 1. The van der Waals surface area contributed by atoms with Gasteiger partial charge in [0.25, 0.3) is 0 Å². The number of aliphatic hydroxyl groups excluding tert-OH is 1. The molecule has 0 spiro atoms. The lowest BCUT2D eigenvalue weighted by Gasteiger charge is -2.10. The quantitative estimate of drug-likeness (QED) is 0.730. The van der Waals surface area contributed by atoms with Crippen molar-refractivity contribution in [1.29, 1.82) is 0 Å². The summed E-state index contributed by atoms with van der Waals surface area (Å²) in [4.78, 5) is 11.0. The Labute approximate surface area is 93.2 Å². The number of aromatic hydroxyl groups is 1. The van der Waals surface area contributed by atoms with Crippen LogP contribution in [0.4, 0.5) is 0 Å². The summed E-state index contributed by atoms with van der Waals surface area (Å²) in [5, 5.41) is 18.8. The summed E-state index contributed by atoms with van der Waals surface area (Å²) in [6.45, 7) is 0. The maximum atomic E-state index is 11.0. The van der Waals surface area contributed by atoms with Crippen molar-refractivity contribution in [3.63, 3.8) is 0 Å². The largest absolute Gasteiger partial charge is 0.504 e. The van der Waals surface area contributed by atoms with Crippen LogP contribution in [-0.4, -0.2) is 36.5 Å². The third-order valence-corrected chi connectivity index (χ3v) is 2.15. The topological polar surface area (TPSA) is 76.0 Å². The van der Waals surface area contributed by atoms with Gasteiger partial charge in [0, 0.05) is 6.42 Å². The third kappa shape index (κ3) is 2.87. The van der Waals surface area contributed by atoms with Crippen LogP contribution in [-0.2, 0) is 16.0 Å². The highest BCUT2D eigenvalue weighted by Crippen LogP contribution is 2.26. The highest BCUT2D eigenvalue weighted by atomic mass is 16.5. The molecule has 0 aromatic heterocycles. The number of hydrogen-bond donors (Lipinski definition) is 2. The standard InChI is InChI=1S/C11H14O5/c1-15-10-6-7(3-4-8(10)12)5-9(13)11(14)16-2/h3-4,6,9,12-13H,5H2,1-2H3. The number of phenols is 1. The van der Waals surface area contributed by atoms with Gasteiger partial charge in [-0.1, -0.05) is 6.07 Å². The molecule has 1 unspecified atom stereocenters. The number of carbonyl (C=O) groups excluding carboxylic acids is 1. The maximum Gasteiger partial charge on any atom is 0.335 e. The molecule has 0 aliphatic heterocycles. The van der Waals surface area contributed by atoms with E-state index in [1.54, 1.807) is 12.1 Å². The second-order valence-electron chi connectivity index (χ2n) is 3.25. The molecular weight excluding hydrogens is 212 g/mol. The Morgan fingerprint density at radius 3 is 2.69 bits per heavy atom. The van der Waals surface area contributed by atoms with Gasteiger partial charge in [-0.05, 0) is 17.7 Å². The van der Waals surface area contributed by atoms with Gasteiger partial charge < -0.3 is 19.7 Å². The van der Waals surface area contributed by atoms with Crippen LogP contribution in [0.3, 0.4) is 0 Å². The Kier molecular flexibility index (Phi) is 4.13. The third-order valence-electron chi connectivity index (χ3n) is 2.15. The van der Waals surface area contributed by atoms with Gasteiger partial charge in [-0.3, -0.25) is 0 Å². The summed E-state index contributed by atoms with van der Waals surface area (Å²) in [5.74, 6) is -0.375. The van der Waals surface area contributed by atoms with Crippen LogP contribution in [0.5, 0.6) is 11.5 Å². The highest BCUT2D eigenvalue weighted by molar-refractivity contribution is 5.74. The maximum absolute atomic E-state index is 11.0. The van der Waals surface area contributed by atoms with Crippen LogP contribution in [0.15, 0.2) is 18.2 Å². The van der Waals surface area contributed by atoms with Gasteiger partial charge in [-0.25, -0.2) is 4.79 Å². The molecule has 0 amide bonds. The lowest BCUT2D eigenvalue weighted by atomic mass is 10.1. The van der Waals surface area contributed by atoms with Gasteiger partial charge >= 0.3 is 5.97 Å². The molecule has 0 aliphatic carbocycles. The number of methoxy groups -OCH3 is 2. The fourth-order valence-corrected chi connectivity index (χ4v) is 1.29. The molecule has 0 saturated carbocycles.